The first-order chi connectivity index (χ1) is 22.3. The molecule has 16 heteroatoms. The van der Waals surface area contributed by atoms with Crippen LogP contribution in [-0.2, 0) is 13.1 Å². The minimum atomic E-state index is -0.356. The van der Waals surface area contributed by atoms with Crippen LogP contribution in [0.15, 0.2) is 60.9 Å². The van der Waals surface area contributed by atoms with Gasteiger partial charge in [0.2, 0.25) is 5.69 Å². The van der Waals surface area contributed by atoms with E-state index in [4.69, 9.17) is 53.5 Å². The monoisotopic (exact) mass is 693 g/mol. The normalized spacial score (nSPS) is 9.73. The van der Waals surface area contributed by atoms with Gasteiger partial charge in [0.15, 0.2) is 5.69 Å². The molecule has 0 unspecified atom stereocenters. The van der Waals surface area contributed by atoms with E-state index in [1.54, 1.807) is 37.0 Å². The molecule has 4 aromatic heterocycles. The fraction of sp³-hybridized carbons (Fsp3) is 0.156. The Bertz CT molecular complexity index is 1840. The SMILES string of the molecule is Cc1nc(N)cc(Cl)c1CNC(=O)c1cnn(Cc2ccccc2)c1.[C-]#[N+]c1c(Cl)cc(N)nc1C.[C-]#[N+]c1c([O-])cc(N)nc1C.[Na+]. The number of pyridine rings is 3. The average molecular weight is 695 g/mol. The van der Waals surface area contributed by atoms with Crippen LogP contribution >= 0.6 is 23.2 Å². The average Bonchev–Trinajstić information content (AvgIpc) is 3.46. The topological polar surface area (TPSA) is 195 Å². The Balaban J connectivity index is 0.000000289. The smallest absolute Gasteiger partial charge is 0.881 e. The molecule has 0 bridgehead atoms. The number of hydrogen-bond donors (Lipinski definition) is 4. The summed E-state index contributed by atoms with van der Waals surface area (Å²) in [6, 6.07) is 14.1. The van der Waals surface area contributed by atoms with Crippen LogP contribution in [0.3, 0.4) is 0 Å². The van der Waals surface area contributed by atoms with Gasteiger partial charge in [-0.1, -0.05) is 53.5 Å². The van der Waals surface area contributed by atoms with Crippen LogP contribution in [0.4, 0.5) is 28.8 Å². The van der Waals surface area contributed by atoms with Gasteiger partial charge < -0.3 is 27.6 Å². The molecule has 0 saturated heterocycles. The number of aryl methyl sites for hydroxylation is 3. The summed E-state index contributed by atoms with van der Waals surface area (Å²) in [5.74, 6) is 0.302. The van der Waals surface area contributed by atoms with Crippen molar-refractivity contribution >= 4 is 57.9 Å². The van der Waals surface area contributed by atoms with Gasteiger partial charge in [0.25, 0.3) is 5.91 Å². The van der Waals surface area contributed by atoms with Crippen molar-refractivity contribution in [3.63, 3.8) is 0 Å². The van der Waals surface area contributed by atoms with E-state index in [-0.39, 0.29) is 59.3 Å². The molecule has 0 aliphatic carbocycles. The molecular weight excluding hydrogens is 664 g/mol. The van der Waals surface area contributed by atoms with Crippen molar-refractivity contribution in [2.45, 2.75) is 33.9 Å². The molecule has 240 valence electrons. The fourth-order valence-corrected chi connectivity index (χ4v) is 4.69. The number of nitrogens with zero attached hydrogens (tertiary/aromatic N) is 7. The number of amides is 1. The third kappa shape index (κ3) is 11.1. The zero-order valence-electron chi connectivity index (χ0n) is 26.6. The van der Waals surface area contributed by atoms with Crippen LogP contribution in [0.5, 0.6) is 5.75 Å². The Hall–Kier alpha value is -4.89. The van der Waals surface area contributed by atoms with E-state index in [1.165, 1.54) is 6.07 Å². The molecule has 5 aromatic rings. The zero-order valence-corrected chi connectivity index (χ0v) is 30.1. The minimum Gasteiger partial charge on any atom is -0.881 e. The number of carbonyl (C=O) groups is 1. The van der Waals surface area contributed by atoms with Crippen molar-refractivity contribution in [1.82, 2.24) is 30.0 Å². The molecule has 0 aliphatic heterocycles. The number of anilines is 3. The summed E-state index contributed by atoms with van der Waals surface area (Å²) >= 11 is 11.9. The van der Waals surface area contributed by atoms with Gasteiger partial charge in [-0.2, -0.15) is 5.10 Å². The largest absolute Gasteiger partial charge is 1.00 e. The molecular formula is C32H30Cl2N11NaO2. The molecule has 0 spiro atoms. The van der Waals surface area contributed by atoms with E-state index >= 15 is 0 Å². The molecule has 1 aromatic carbocycles. The number of halogens is 2. The van der Waals surface area contributed by atoms with Crippen LogP contribution in [0.2, 0.25) is 10.0 Å². The van der Waals surface area contributed by atoms with E-state index in [0.29, 0.717) is 56.6 Å². The maximum Gasteiger partial charge on any atom is 1.00 e. The second kappa shape index (κ2) is 18.4. The minimum absolute atomic E-state index is 0. The maximum atomic E-state index is 12.3. The van der Waals surface area contributed by atoms with Crippen LogP contribution < -0.4 is 57.2 Å². The van der Waals surface area contributed by atoms with Gasteiger partial charge in [0, 0.05) is 35.4 Å². The number of nitrogens with one attached hydrogen (secondary N) is 1. The Morgan fingerprint density at radius 3 is 1.96 bits per heavy atom. The van der Waals surface area contributed by atoms with E-state index < -0.39 is 0 Å². The van der Waals surface area contributed by atoms with Gasteiger partial charge in [-0.15, -0.1) is 5.75 Å². The van der Waals surface area contributed by atoms with Crippen molar-refractivity contribution in [1.29, 1.82) is 0 Å². The number of nitrogen functional groups attached to an aromatic ring is 3. The summed E-state index contributed by atoms with van der Waals surface area (Å²) in [5, 5.41) is 18.9. The van der Waals surface area contributed by atoms with Crippen molar-refractivity contribution in [2.75, 3.05) is 17.2 Å². The molecule has 7 N–H and O–H groups in total. The molecule has 48 heavy (non-hydrogen) atoms. The van der Waals surface area contributed by atoms with Crippen LogP contribution in [-0.4, -0.2) is 30.6 Å². The number of benzene rings is 1. The van der Waals surface area contributed by atoms with Gasteiger partial charge in [-0.25, -0.2) is 24.6 Å². The number of nitrogens with two attached hydrogens (primary N) is 3. The molecule has 13 nitrogen and oxygen atoms in total. The summed E-state index contributed by atoms with van der Waals surface area (Å²) in [6.45, 7) is 19.4. The summed E-state index contributed by atoms with van der Waals surface area (Å²) in [6.07, 6.45) is 3.27. The third-order valence-corrected chi connectivity index (χ3v) is 6.95. The second-order valence-corrected chi connectivity index (χ2v) is 10.7. The van der Waals surface area contributed by atoms with E-state index in [1.807, 2.05) is 37.3 Å². The second-order valence-electron chi connectivity index (χ2n) is 9.85. The Labute approximate surface area is 310 Å². The van der Waals surface area contributed by atoms with E-state index in [2.05, 4.69) is 35.1 Å². The predicted molar refractivity (Wildman–Crippen MR) is 181 cm³/mol. The first-order valence-electron chi connectivity index (χ1n) is 13.7. The van der Waals surface area contributed by atoms with Gasteiger partial charge in [-0.3, -0.25) is 9.48 Å². The number of aromatic nitrogens is 5. The number of carbonyl (C=O) groups excluding carboxylic acids is 1. The van der Waals surface area contributed by atoms with Crippen molar-refractivity contribution in [2.24, 2.45) is 0 Å². The van der Waals surface area contributed by atoms with E-state index in [0.717, 1.165) is 17.2 Å². The first kappa shape index (κ1) is 39.3. The van der Waals surface area contributed by atoms with Crippen molar-refractivity contribution < 1.29 is 39.5 Å². The Morgan fingerprint density at radius 1 is 0.875 bits per heavy atom. The molecule has 0 aliphatic rings. The first-order valence-corrected chi connectivity index (χ1v) is 14.5. The summed E-state index contributed by atoms with van der Waals surface area (Å²) in [7, 11) is 0. The van der Waals surface area contributed by atoms with E-state index in [9.17, 15) is 9.90 Å². The Morgan fingerprint density at radius 2 is 1.42 bits per heavy atom. The standard InChI is InChI=1S/C18H18ClN5O.C7H6ClN3.C7H7N3O.Na/c1-12-15(16(19)7-17(20)23-12)9-21-18(25)14-8-22-24(11-14)10-13-5-3-2-4-6-13;1-4-7(10-2)5(8)3-6(9)11-4;1-4-7(9-2)5(11)3-6(8)10-4;/h2-8,11H,9-10H2,1H3,(H2,20,23)(H,21,25);3H,1H3,(H2,9,11);3H,1H3,(H3,8,10,11);/q;;;+1/p-1. The van der Waals surface area contributed by atoms with Crippen molar-refractivity contribution in [3.8, 4) is 5.75 Å². The molecule has 4 heterocycles. The maximum absolute atomic E-state index is 12.3. The molecule has 0 saturated carbocycles. The molecule has 5 rings (SSSR count). The van der Waals surface area contributed by atoms with Gasteiger partial charge in [0.05, 0.1) is 41.5 Å². The third-order valence-electron chi connectivity index (χ3n) is 6.32. The molecule has 0 radical (unpaired) electrons. The van der Waals surface area contributed by atoms with Crippen LogP contribution in [0.1, 0.15) is 38.6 Å². The molecule has 0 atom stereocenters. The quantitative estimate of drug-likeness (QED) is 0.158. The van der Waals surface area contributed by atoms with Crippen LogP contribution in [0, 0.1) is 33.9 Å². The summed E-state index contributed by atoms with van der Waals surface area (Å²) in [4.78, 5) is 30.4. The van der Waals surface area contributed by atoms with Gasteiger partial charge >= 0.3 is 29.6 Å². The summed E-state index contributed by atoms with van der Waals surface area (Å²) in [5.41, 5.74) is 20.8. The van der Waals surface area contributed by atoms with Gasteiger partial charge in [0.1, 0.15) is 17.5 Å². The van der Waals surface area contributed by atoms with Gasteiger partial charge in [-0.05, 0) is 44.5 Å². The van der Waals surface area contributed by atoms with Crippen LogP contribution in [0.25, 0.3) is 9.69 Å². The Kier molecular flexibility index (Phi) is 15.1. The fourth-order valence-electron chi connectivity index (χ4n) is 4.08. The zero-order chi connectivity index (χ0) is 34.7. The predicted octanol–water partition coefficient (Wildman–Crippen LogP) is 2.58. The van der Waals surface area contributed by atoms with Crippen molar-refractivity contribution in [3.05, 3.63) is 128 Å². The molecule has 1 amide bonds. The molecule has 0 fully saturated rings. The number of hydrogen-bond acceptors (Lipinski definition) is 9. The number of rotatable bonds is 5. The summed E-state index contributed by atoms with van der Waals surface area (Å²) < 4.78 is 1.73.